The van der Waals surface area contributed by atoms with Crippen molar-refractivity contribution in [3.63, 3.8) is 0 Å². The van der Waals surface area contributed by atoms with Gasteiger partial charge < -0.3 is 16.0 Å². The van der Waals surface area contributed by atoms with Gasteiger partial charge in [-0.15, -0.1) is 0 Å². The lowest BCUT2D eigenvalue weighted by atomic mass is 10.0. The molecule has 1 saturated heterocycles. The van der Waals surface area contributed by atoms with E-state index in [1.807, 2.05) is 11.0 Å². The normalized spacial score (nSPS) is 16.9. The third-order valence-electron chi connectivity index (χ3n) is 4.90. The number of halogens is 2. The molecule has 0 radical (unpaired) electrons. The van der Waals surface area contributed by atoms with E-state index >= 15 is 0 Å². The first-order valence-corrected chi connectivity index (χ1v) is 9.02. The lowest BCUT2D eigenvalue weighted by molar-refractivity contribution is 0.100. The summed E-state index contributed by atoms with van der Waals surface area (Å²) < 4.78 is 27.1. The highest BCUT2D eigenvalue weighted by Gasteiger charge is 2.22. The number of anilines is 2. The van der Waals surface area contributed by atoms with E-state index < -0.39 is 17.5 Å². The maximum Gasteiger partial charge on any atom is 0.250 e. The van der Waals surface area contributed by atoms with Crippen molar-refractivity contribution in [2.75, 3.05) is 23.3 Å². The number of carbonyl (C=O) groups excluding carboxylic acids is 1. The number of hydrogen-bond acceptors (Lipinski definition) is 5. The number of benzene rings is 2. The number of nitrogens with two attached hydrogens (primary N) is 1. The minimum absolute atomic E-state index is 0.0235. The number of nitrogens with one attached hydrogen (secondary N) is 1. The number of nitrogens with zero attached hydrogens (tertiary/aromatic N) is 3. The van der Waals surface area contributed by atoms with Crippen molar-refractivity contribution in [2.45, 2.75) is 18.9 Å². The van der Waals surface area contributed by atoms with E-state index in [-0.39, 0.29) is 6.04 Å². The van der Waals surface area contributed by atoms with Crippen LogP contribution in [0, 0.1) is 11.6 Å². The monoisotopic (exact) mass is 383 g/mol. The van der Waals surface area contributed by atoms with Gasteiger partial charge in [0.15, 0.2) is 0 Å². The molecule has 6 nitrogen and oxygen atoms in total. The topological polar surface area (TPSA) is 84.1 Å². The van der Waals surface area contributed by atoms with Crippen molar-refractivity contribution < 1.29 is 13.6 Å². The molecular formula is C20H19F2N5O. The first-order valence-electron chi connectivity index (χ1n) is 9.02. The Morgan fingerprint density at radius 2 is 1.96 bits per heavy atom. The van der Waals surface area contributed by atoms with E-state index in [9.17, 15) is 13.6 Å². The highest BCUT2D eigenvalue weighted by Crippen LogP contribution is 2.26. The van der Waals surface area contributed by atoms with Crippen molar-refractivity contribution in [1.29, 1.82) is 0 Å². The fourth-order valence-electron chi connectivity index (χ4n) is 3.65. The number of aromatic nitrogens is 2. The Bertz CT molecular complexity index is 1020. The van der Waals surface area contributed by atoms with Crippen molar-refractivity contribution >= 4 is 28.3 Å². The van der Waals surface area contributed by atoms with Gasteiger partial charge in [-0.3, -0.25) is 4.79 Å². The summed E-state index contributed by atoms with van der Waals surface area (Å²) in [5.74, 6) is -1.13. The molecule has 0 saturated carbocycles. The van der Waals surface area contributed by atoms with Crippen LogP contribution in [0.25, 0.3) is 10.9 Å². The van der Waals surface area contributed by atoms with E-state index in [2.05, 4.69) is 15.3 Å². The summed E-state index contributed by atoms with van der Waals surface area (Å²) in [6.45, 7) is 1.29. The van der Waals surface area contributed by atoms with Crippen LogP contribution in [0.3, 0.4) is 0 Å². The molecular weight excluding hydrogens is 364 g/mol. The van der Waals surface area contributed by atoms with Gasteiger partial charge in [-0.1, -0.05) is 6.07 Å². The number of para-hydroxylation sites is 1. The predicted molar refractivity (Wildman–Crippen MR) is 103 cm³/mol. The molecule has 1 aliphatic heterocycles. The van der Waals surface area contributed by atoms with Crippen LogP contribution < -0.4 is 16.0 Å². The van der Waals surface area contributed by atoms with Crippen LogP contribution in [0.2, 0.25) is 0 Å². The van der Waals surface area contributed by atoms with Gasteiger partial charge in [0.1, 0.15) is 23.8 Å². The van der Waals surface area contributed by atoms with Gasteiger partial charge in [0, 0.05) is 36.3 Å². The van der Waals surface area contributed by atoms with Gasteiger partial charge in [-0.25, -0.2) is 18.7 Å². The molecule has 1 unspecified atom stereocenters. The van der Waals surface area contributed by atoms with Crippen LogP contribution in [-0.2, 0) is 0 Å². The molecule has 1 fully saturated rings. The van der Waals surface area contributed by atoms with Crippen LogP contribution >= 0.6 is 0 Å². The van der Waals surface area contributed by atoms with E-state index in [4.69, 9.17) is 5.73 Å². The van der Waals surface area contributed by atoms with Crippen LogP contribution in [0.15, 0.2) is 42.7 Å². The summed E-state index contributed by atoms with van der Waals surface area (Å²) >= 11 is 0. The highest BCUT2D eigenvalue weighted by atomic mass is 19.1. The number of fused-ring (bicyclic) bond motifs is 1. The van der Waals surface area contributed by atoms with Crippen molar-refractivity contribution in [3.8, 4) is 0 Å². The second-order valence-electron chi connectivity index (χ2n) is 6.85. The SMILES string of the molecule is NC(=O)c1cccc2c(NC3CCCN(c4cc(F)cc(F)c4)C3)ncnc12. The molecule has 1 aliphatic rings. The maximum absolute atomic E-state index is 13.6. The van der Waals surface area contributed by atoms with Gasteiger partial charge in [-0.2, -0.15) is 0 Å². The number of primary amides is 1. The Morgan fingerprint density at radius 1 is 1.18 bits per heavy atom. The molecule has 144 valence electrons. The fourth-order valence-corrected chi connectivity index (χ4v) is 3.65. The Hall–Kier alpha value is -3.29. The molecule has 0 aliphatic carbocycles. The van der Waals surface area contributed by atoms with E-state index in [1.165, 1.54) is 18.5 Å². The first kappa shape index (κ1) is 18.1. The van der Waals surface area contributed by atoms with E-state index in [0.717, 1.165) is 25.5 Å². The molecule has 8 heteroatoms. The van der Waals surface area contributed by atoms with Crippen LogP contribution in [0.4, 0.5) is 20.3 Å². The molecule has 3 aromatic rings. The smallest absolute Gasteiger partial charge is 0.250 e. The first-order chi connectivity index (χ1) is 13.5. The minimum Gasteiger partial charge on any atom is -0.369 e. The minimum atomic E-state index is -0.592. The number of piperidine rings is 1. The predicted octanol–water partition coefficient (Wildman–Crippen LogP) is 3.09. The third kappa shape index (κ3) is 3.58. The van der Waals surface area contributed by atoms with Gasteiger partial charge in [0.2, 0.25) is 0 Å². The number of rotatable bonds is 4. The van der Waals surface area contributed by atoms with Crippen molar-refractivity contribution in [1.82, 2.24) is 9.97 Å². The molecule has 1 atom stereocenters. The molecule has 0 bridgehead atoms. The summed E-state index contributed by atoms with van der Waals surface area (Å²) in [5, 5.41) is 4.09. The Morgan fingerprint density at radius 3 is 2.71 bits per heavy atom. The standard InChI is InChI=1S/C20H19F2N5O/c21-12-7-13(22)9-15(8-12)27-6-2-3-14(10-27)26-20-17-5-1-4-16(19(23)28)18(17)24-11-25-20/h1,4-5,7-9,11,14H,2-3,6,10H2,(H2,23,28)(H,24,25,26). The summed E-state index contributed by atoms with van der Waals surface area (Å²) in [7, 11) is 0. The largest absolute Gasteiger partial charge is 0.369 e. The quantitative estimate of drug-likeness (QED) is 0.723. The molecule has 2 aromatic carbocycles. The average Bonchev–Trinajstić information content (AvgIpc) is 2.67. The lowest BCUT2D eigenvalue weighted by Gasteiger charge is -2.35. The summed E-state index contributed by atoms with van der Waals surface area (Å²) in [6.07, 6.45) is 3.14. The zero-order chi connectivity index (χ0) is 19.7. The third-order valence-corrected chi connectivity index (χ3v) is 4.90. The van der Waals surface area contributed by atoms with Crippen LogP contribution in [-0.4, -0.2) is 35.0 Å². The molecule has 2 heterocycles. The number of hydrogen-bond donors (Lipinski definition) is 2. The van der Waals surface area contributed by atoms with Crippen LogP contribution in [0.1, 0.15) is 23.2 Å². The Kier molecular flexibility index (Phi) is 4.77. The molecule has 1 amide bonds. The lowest BCUT2D eigenvalue weighted by Crippen LogP contribution is -2.42. The van der Waals surface area contributed by atoms with Gasteiger partial charge in [0.25, 0.3) is 5.91 Å². The molecule has 1 aromatic heterocycles. The van der Waals surface area contributed by atoms with Gasteiger partial charge in [-0.05, 0) is 37.1 Å². The average molecular weight is 383 g/mol. The molecule has 4 rings (SSSR count). The van der Waals surface area contributed by atoms with E-state index in [1.54, 1.807) is 12.1 Å². The zero-order valence-corrected chi connectivity index (χ0v) is 15.0. The second-order valence-corrected chi connectivity index (χ2v) is 6.85. The molecule has 0 spiro atoms. The summed E-state index contributed by atoms with van der Waals surface area (Å²) in [6, 6.07) is 8.76. The van der Waals surface area contributed by atoms with Crippen molar-refractivity contribution in [3.05, 3.63) is 59.9 Å². The summed E-state index contributed by atoms with van der Waals surface area (Å²) in [5.41, 5.74) is 6.78. The number of amides is 1. The zero-order valence-electron chi connectivity index (χ0n) is 15.0. The number of carbonyl (C=O) groups is 1. The molecule has 28 heavy (non-hydrogen) atoms. The Labute approximate surface area is 160 Å². The van der Waals surface area contributed by atoms with Gasteiger partial charge >= 0.3 is 0 Å². The molecule has 3 N–H and O–H groups in total. The van der Waals surface area contributed by atoms with E-state index in [0.29, 0.717) is 34.5 Å². The fraction of sp³-hybridized carbons (Fsp3) is 0.250. The maximum atomic E-state index is 13.6. The Balaban J connectivity index is 1.59. The summed E-state index contributed by atoms with van der Waals surface area (Å²) in [4.78, 5) is 22.1. The van der Waals surface area contributed by atoms with Gasteiger partial charge in [0.05, 0.1) is 11.1 Å². The van der Waals surface area contributed by atoms with Crippen molar-refractivity contribution in [2.24, 2.45) is 5.73 Å². The van der Waals surface area contributed by atoms with Crippen LogP contribution in [0.5, 0.6) is 0 Å². The second kappa shape index (κ2) is 7.38. The highest BCUT2D eigenvalue weighted by molar-refractivity contribution is 6.06.